The van der Waals surface area contributed by atoms with Gasteiger partial charge in [0, 0.05) is 0 Å². The third-order valence-electron chi connectivity index (χ3n) is 5.30. The molecule has 1 saturated carbocycles. The lowest BCUT2D eigenvalue weighted by Crippen LogP contribution is -2.36. The first-order valence-corrected chi connectivity index (χ1v) is 9.38. The molecule has 1 heterocycles. The molecule has 0 radical (unpaired) electrons. The quantitative estimate of drug-likeness (QED) is 0.439. The summed E-state index contributed by atoms with van der Waals surface area (Å²) in [6.07, 6.45) is 2.99. The topological polar surface area (TPSA) is 130 Å². The smallest absolute Gasteiger partial charge is 0.328 e. The molecule has 2 N–H and O–H groups in total. The second kappa shape index (κ2) is 8.49. The highest BCUT2D eigenvalue weighted by molar-refractivity contribution is 5.95. The lowest BCUT2D eigenvalue weighted by molar-refractivity contribution is -0.385. The molecule has 1 aromatic rings. The molecule has 9 heteroatoms. The van der Waals surface area contributed by atoms with Crippen LogP contribution < -0.4 is 5.73 Å². The molecule has 1 aliphatic carbocycles. The van der Waals surface area contributed by atoms with Gasteiger partial charge in [0.15, 0.2) is 0 Å². The normalized spacial score (nSPS) is 22.6. The molecule has 9 nitrogen and oxygen atoms in total. The van der Waals surface area contributed by atoms with E-state index < -0.39 is 28.2 Å². The van der Waals surface area contributed by atoms with Crippen LogP contribution in [0.4, 0.5) is 5.69 Å². The van der Waals surface area contributed by atoms with Crippen molar-refractivity contribution in [1.82, 2.24) is 9.78 Å². The first-order valence-electron chi connectivity index (χ1n) is 9.38. The number of aromatic nitrogens is 2. The van der Waals surface area contributed by atoms with E-state index in [2.05, 4.69) is 25.9 Å². The largest absolute Gasteiger partial charge is 0.461 e. The average molecular weight is 380 g/mol. The van der Waals surface area contributed by atoms with Gasteiger partial charge in [-0.15, -0.1) is 0 Å². The van der Waals surface area contributed by atoms with Crippen LogP contribution in [0.5, 0.6) is 0 Å². The van der Waals surface area contributed by atoms with E-state index in [0.717, 1.165) is 23.9 Å². The third kappa shape index (κ3) is 4.64. The third-order valence-corrected chi connectivity index (χ3v) is 5.30. The summed E-state index contributed by atoms with van der Waals surface area (Å²) >= 11 is 0. The van der Waals surface area contributed by atoms with Crippen molar-refractivity contribution in [3.63, 3.8) is 0 Å². The molecule has 0 saturated heterocycles. The molecule has 0 spiro atoms. The number of carbonyl (C=O) groups is 2. The van der Waals surface area contributed by atoms with Gasteiger partial charge in [-0.05, 0) is 37.0 Å². The number of nitrogens with zero attached hydrogens (tertiary/aromatic N) is 3. The molecule has 0 aliphatic heterocycles. The second-order valence-corrected chi connectivity index (χ2v) is 7.63. The van der Waals surface area contributed by atoms with Crippen molar-refractivity contribution >= 4 is 17.6 Å². The molecule has 0 aromatic carbocycles. The van der Waals surface area contributed by atoms with Crippen LogP contribution in [0.1, 0.15) is 63.1 Å². The summed E-state index contributed by atoms with van der Waals surface area (Å²) in [4.78, 5) is 34.6. The van der Waals surface area contributed by atoms with E-state index in [1.165, 1.54) is 0 Å². The zero-order valence-electron chi connectivity index (χ0n) is 16.3. The molecular formula is C18H28N4O5. The van der Waals surface area contributed by atoms with Crippen molar-refractivity contribution < 1.29 is 19.2 Å². The number of primary amides is 1. The summed E-state index contributed by atoms with van der Waals surface area (Å²) in [6, 6.07) is 0. The number of hydrogen-bond donors (Lipinski definition) is 1. The Hall–Kier alpha value is -2.45. The molecule has 1 amide bonds. The maximum atomic E-state index is 12.5. The summed E-state index contributed by atoms with van der Waals surface area (Å²) in [5, 5.41) is 15.2. The SMILES string of the molecule is CCc1c([N+](=O)[O-])c(C(N)=O)nn1CC(=O)O[C@@H]1C[C@@H](C)CC[C@@H]1C(C)C. The molecule has 1 aromatic heterocycles. The Morgan fingerprint density at radius 2 is 2.07 bits per heavy atom. The number of ether oxygens (including phenoxy) is 1. The predicted octanol–water partition coefficient (Wildman–Crippen LogP) is 2.46. The Morgan fingerprint density at radius 3 is 2.59 bits per heavy atom. The van der Waals surface area contributed by atoms with E-state index in [1.54, 1.807) is 6.92 Å². The van der Waals surface area contributed by atoms with E-state index in [4.69, 9.17) is 10.5 Å². The van der Waals surface area contributed by atoms with Crippen molar-refractivity contribution in [1.29, 1.82) is 0 Å². The number of carbonyl (C=O) groups excluding carboxylic acids is 2. The van der Waals surface area contributed by atoms with Gasteiger partial charge in [-0.1, -0.05) is 34.1 Å². The number of nitrogens with two attached hydrogens (primary N) is 1. The fourth-order valence-corrected chi connectivity index (χ4v) is 3.90. The van der Waals surface area contributed by atoms with E-state index in [-0.39, 0.29) is 24.8 Å². The maximum Gasteiger partial charge on any atom is 0.328 e. The van der Waals surface area contributed by atoms with Crippen molar-refractivity contribution in [3.8, 4) is 0 Å². The summed E-state index contributed by atoms with van der Waals surface area (Å²) in [7, 11) is 0. The molecule has 0 unspecified atom stereocenters. The molecule has 27 heavy (non-hydrogen) atoms. The van der Waals surface area contributed by atoms with E-state index in [9.17, 15) is 19.7 Å². The lowest BCUT2D eigenvalue weighted by atomic mass is 9.75. The van der Waals surface area contributed by atoms with Crippen LogP contribution in [0.15, 0.2) is 0 Å². The molecule has 150 valence electrons. The standard InChI is InChI=1S/C18H28N4O5/c1-5-13-17(22(25)26)16(18(19)24)20-21(13)9-15(23)27-14-8-11(4)6-7-12(14)10(2)3/h10-12,14H,5-9H2,1-4H3,(H2,19,24)/t11-,12+,14+/m0/s1. The van der Waals surface area contributed by atoms with E-state index >= 15 is 0 Å². The van der Waals surface area contributed by atoms with Crippen LogP contribution in [0.25, 0.3) is 0 Å². The minimum atomic E-state index is -0.996. The first-order chi connectivity index (χ1) is 12.6. The molecule has 2 rings (SSSR count). The van der Waals surface area contributed by atoms with E-state index in [0.29, 0.717) is 17.8 Å². The van der Waals surface area contributed by atoms with Crippen molar-refractivity contribution in [2.45, 2.75) is 66.0 Å². The Balaban J connectivity index is 2.21. The van der Waals surface area contributed by atoms with Crippen molar-refractivity contribution in [3.05, 3.63) is 21.5 Å². The van der Waals surface area contributed by atoms with Gasteiger partial charge in [0.1, 0.15) is 18.3 Å². The highest BCUT2D eigenvalue weighted by Gasteiger charge is 2.35. The minimum absolute atomic E-state index is 0.174. The summed E-state index contributed by atoms with van der Waals surface area (Å²) in [5.74, 6) is -0.332. The van der Waals surface area contributed by atoms with Crippen LogP contribution in [0, 0.1) is 27.9 Å². The van der Waals surface area contributed by atoms with Gasteiger partial charge in [-0.25, -0.2) is 0 Å². The van der Waals surface area contributed by atoms with Gasteiger partial charge < -0.3 is 10.5 Å². The second-order valence-electron chi connectivity index (χ2n) is 7.63. The van der Waals surface area contributed by atoms with Crippen molar-refractivity contribution in [2.24, 2.45) is 23.5 Å². The molecule has 1 aliphatic rings. The van der Waals surface area contributed by atoms with Gasteiger partial charge >= 0.3 is 11.7 Å². The minimum Gasteiger partial charge on any atom is -0.461 e. The highest BCUT2D eigenvalue weighted by atomic mass is 16.6. The van der Waals surface area contributed by atoms with Gasteiger partial charge in [-0.2, -0.15) is 5.10 Å². The summed E-state index contributed by atoms with van der Waals surface area (Å²) in [6.45, 7) is 7.78. The number of hydrogen-bond acceptors (Lipinski definition) is 6. The van der Waals surface area contributed by atoms with Crippen LogP contribution >= 0.6 is 0 Å². The Kier molecular flexibility index (Phi) is 6.56. The van der Waals surface area contributed by atoms with Gasteiger partial charge in [0.05, 0.1) is 4.92 Å². The average Bonchev–Trinajstić information content (AvgIpc) is 2.93. The summed E-state index contributed by atoms with van der Waals surface area (Å²) in [5.41, 5.74) is 4.51. The molecule has 1 fully saturated rings. The summed E-state index contributed by atoms with van der Waals surface area (Å²) < 4.78 is 6.89. The fourth-order valence-electron chi connectivity index (χ4n) is 3.90. The number of amides is 1. The Labute approximate surface area is 158 Å². The Morgan fingerprint density at radius 1 is 1.41 bits per heavy atom. The first kappa shape index (κ1) is 20.9. The van der Waals surface area contributed by atoms with Crippen molar-refractivity contribution in [2.75, 3.05) is 0 Å². The van der Waals surface area contributed by atoms with Gasteiger partial charge in [0.25, 0.3) is 5.91 Å². The van der Waals surface area contributed by atoms with Crippen LogP contribution in [-0.4, -0.2) is 32.7 Å². The number of rotatable bonds is 7. The molecular weight excluding hydrogens is 352 g/mol. The lowest BCUT2D eigenvalue weighted by Gasteiger charge is -2.36. The number of esters is 1. The fraction of sp³-hybridized carbons (Fsp3) is 0.722. The molecule has 0 bridgehead atoms. The monoisotopic (exact) mass is 380 g/mol. The van der Waals surface area contributed by atoms with Crippen LogP contribution in [0.3, 0.4) is 0 Å². The zero-order valence-corrected chi connectivity index (χ0v) is 16.3. The van der Waals surface area contributed by atoms with E-state index in [1.807, 2.05) is 0 Å². The zero-order chi connectivity index (χ0) is 20.3. The van der Waals surface area contributed by atoms with Gasteiger partial charge in [0.2, 0.25) is 5.69 Å². The van der Waals surface area contributed by atoms with Crippen LogP contribution in [-0.2, 0) is 22.5 Å². The molecule has 3 atom stereocenters. The predicted molar refractivity (Wildman–Crippen MR) is 98.0 cm³/mol. The van der Waals surface area contributed by atoms with Gasteiger partial charge in [-0.3, -0.25) is 24.4 Å². The van der Waals surface area contributed by atoms with Crippen LogP contribution in [0.2, 0.25) is 0 Å². The maximum absolute atomic E-state index is 12.5. The Bertz CT molecular complexity index is 728. The number of nitro groups is 1. The highest BCUT2D eigenvalue weighted by Crippen LogP contribution is 2.35.